The molecule has 0 aliphatic carbocycles. The van der Waals surface area contributed by atoms with Crippen LogP contribution in [0.25, 0.3) is 0 Å². The van der Waals surface area contributed by atoms with E-state index in [4.69, 9.17) is 0 Å². The van der Waals surface area contributed by atoms with Gasteiger partial charge in [0.15, 0.2) is 0 Å². The zero-order chi connectivity index (χ0) is 15.7. The molecule has 0 atom stereocenters. The lowest BCUT2D eigenvalue weighted by atomic mass is 9.77. The maximum Gasteiger partial charge on any atom is 0.243 e. The predicted octanol–water partition coefficient (Wildman–Crippen LogP) is 2.48. The van der Waals surface area contributed by atoms with E-state index in [0.717, 1.165) is 30.4 Å². The molecule has 1 aromatic carbocycles. The van der Waals surface area contributed by atoms with Crippen LogP contribution in [0, 0.1) is 19.3 Å². The third kappa shape index (κ3) is 3.15. The summed E-state index contributed by atoms with van der Waals surface area (Å²) in [6.07, 6.45) is 2.34. The van der Waals surface area contributed by atoms with Gasteiger partial charge in [-0.1, -0.05) is 19.1 Å². The van der Waals surface area contributed by atoms with E-state index in [9.17, 15) is 13.5 Å². The van der Waals surface area contributed by atoms with Crippen molar-refractivity contribution in [3.8, 4) is 0 Å². The highest BCUT2D eigenvalue weighted by Crippen LogP contribution is 2.36. The van der Waals surface area contributed by atoms with Crippen LogP contribution in [-0.4, -0.2) is 37.5 Å². The van der Waals surface area contributed by atoms with Gasteiger partial charge in [0.2, 0.25) is 10.0 Å². The number of benzene rings is 1. The van der Waals surface area contributed by atoms with Gasteiger partial charge >= 0.3 is 0 Å². The van der Waals surface area contributed by atoms with Crippen LogP contribution in [0.2, 0.25) is 0 Å². The molecule has 118 valence electrons. The first kappa shape index (κ1) is 16.5. The maximum atomic E-state index is 12.8. The van der Waals surface area contributed by atoms with E-state index in [1.54, 1.807) is 10.4 Å². The standard InChI is InChI=1S/C16H25NO3S/c1-4-16(12-18)7-9-17(10-8-16)21(19,20)15-11-13(2)5-6-14(15)3/h5-6,11,18H,4,7-10,12H2,1-3H3. The lowest BCUT2D eigenvalue weighted by Gasteiger charge is -2.39. The third-order valence-corrected chi connectivity index (χ3v) is 6.87. The molecule has 0 bridgehead atoms. The molecule has 0 spiro atoms. The monoisotopic (exact) mass is 311 g/mol. The second kappa shape index (κ2) is 6.07. The van der Waals surface area contributed by atoms with Crippen LogP contribution in [0.4, 0.5) is 0 Å². The zero-order valence-electron chi connectivity index (χ0n) is 13.1. The Bertz CT molecular complexity index is 596. The first-order chi connectivity index (χ1) is 9.84. The summed E-state index contributed by atoms with van der Waals surface area (Å²) in [5.41, 5.74) is 1.64. The minimum atomic E-state index is -3.43. The van der Waals surface area contributed by atoms with E-state index >= 15 is 0 Å². The van der Waals surface area contributed by atoms with Crippen molar-refractivity contribution in [3.05, 3.63) is 29.3 Å². The molecule has 0 radical (unpaired) electrons. The molecule has 0 unspecified atom stereocenters. The van der Waals surface area contributed by atoms with E-state index < -0.39 is 10.0 Å². The minimum absolute atomic E-state index is 0.104. The van der Waals surface area contributed by atoms with Crippen molar-refractivity contribution in [2.45, 2.75) is 44.9 Å². The van der Waals surface area contributed by atoms with Crippen LogP contribution in [0.5, 0.6) is 0 Å². The molecule has 0 saturated carbocycles. The van der Waals surface area contributed by atoms with E-state index in [1.165, 1.54) is 0 Å². The van der Waals surface area contributed by atoms with Crippen molar-refractivity contribution < 1.29 is 13.5 Å². The summed E-state index contributed by atoms with van der Waals surface area (Å²) in [5, 5.41) is 9.56. The lowest BCUT2D eigenvalue weighted by molar-refractivity contribution is 0.0647. The number of aryl methyl sites for hydroxylation is 2. The Labute approximate surface area is 127 Å². The fraction of sp³-hybridized carbons (Fsp3) is 0.625. The van der Waals surface area contributed by atoms with Gasteiger partial charge in [0.1, 0.15) is 0 Å². The van der Waals surface area contributed by atoms with E-state index in [1.807, 2.05) is 26.0 Å². The molecule has 1 saturated heterocycles. The maximum absolute atomic E-state index is 12.8. The van der Waals surface area contributed by atoms with Crippen LogP contribution < -0.4 is 0 Å². The third-order valence-electron chi connectivity index (χ3n) is 4.83. The first-order valence-corrected chi connectivity index (χ1v) is 8.97. The summed E-state index contributed by atoms with van der Waals surface area (Å²) in [6, 6.07) is 5.53. The quantitative estimate of drug-likeness (QED) is 0.929. The summed E-state index contributed by atoms with van der Waals surface area (Å²) in [6.45, 7) is 6.92. The second-order valence-corrected chi connectivity index (χ2v) is 8.09. The number of hydrogen-bond acceptors (Lipinski definition) is 3. The molecule has 4 nitrogen and oxygen atoms in total. The summed E-state index contributed by atoms with van der Waals surface area (Å²) < 4.78 is 27.2. The molecular weight excluding hydrogens is 286 g/mol. The Kier molecular flexibility index (Phi) is 4.76. The highest BCUT2D eigenvalue weighted by molar-refractivity contribution is 7.89. The number of aliphatic hydroxyl groups is 1. The smallest absolute Gasteiger partial charge is 0.243 e. The van der Waals surface area contributed by atoms with Gasteiger partial charge in [-0.3, -0.25) is 0 Å². The highest BCUT2D eigenvalue weighted by Gasteiger charge is 2.37. The van der Waals surface area contributed by atoms with Crippen LogP contribution in [0.1, 0.15) is 37.3 Å². The molecule has 1 aliphatic rings. The van der Waals surface area contributed by atoms with Gasteiger partial charge in [0, 0.05) is 19.7 Å². The molecule has 2 rings (SSSR count). The number of sulfonamides is 1. The molecule has 0 amide bonds. The van der Waals surface area contributed by atoms with Crippen LogP contribution in [0.15, 0.2) is 23.1 Å². The van der Waals surface area contributed by atoms with Crippen LogP contribution in [-0.2, 0) is 10.0 Å². The van der Waals surface area contributed by atoms with Gasteiger partial charge in [0.25, 0.3) is 0 Å². The average molecular weight is 311 g/mol. The number of rotatable bonds is 4. The van der Waals surface area contributed by atoms with Crippen LogP contribution in [0.3, 0.4) is 0 Å². The number of aliphatic hydroxyl groups excluding tert-OH is 1. The molecule has 5 heteroatoms. The SMILES string of the molecule is CCC1(CO)CCN(S(=O)(=O)c2cc(C)ccc2C)CC1. The molecule has 1 fully saturated rings. The second-order valence-electron chi connectivity index (χ2n) is 6.18. The Balaban J connectivity index is 2.24. The molecule has 1 aliphatic heterocycles. The number of piperidine rings is 1. The summed E-state index contributed by atoms with van der Waals surface area (Å²) in [7, 11) is -3.43. The van der Waals surface area contributed by atoms with Gasteiger partial charge in [0.05, 0.1) is 4.90 Å². The molecule has 1 N–H and O–H groups in total. The van der Waals surface area contributed by atoms with Crippen molar-refractivity contribution in [1.82, 2.24) is 4.31 Å². The summed E-state index contributed by atoms with van der Waals surface area (Å²) in [5.74, 6) is 0. The predicted molar refractivity (Wildman–Crippen MR) is 83.7 cm³/mol. The van der Waals surface area contributed by atoms with Gasteiger partial charge in [-0.2, -0.15) is 4.31 Å². The Morgan fingerprint density at radius 2 is 1.86 bits per heavy atom. The van der Waals surface area contributed by atoms with E-state index in [-0.39, 0.29) is 12.0 Å². The van der Waals surface area contributed by atoms with Crippen molar-refractivity contribution in [3.63, 3.8) is 0 Å². The molecule has 1 aromatic rings. The van der Waals surface area contributed by atoms with Crippen LogP contribution >= 0.6 is 0 Å². The largest absolute Gasteiger partial charge is 0.396 e. The van der Waals surface area contributed by atoms with Crippen molar-refractivity contribution in [1.29, 1.82) is 0 Å². The summed E-state index contributed by atoms with van der Waals surface area (Å²) >= 11 is 0. The average Bonchev–Trinajstić information content (AvgIpc) is 2.49. The first-order valence-electron chi connectivity index (χ1n) is 7.53. The van der Waals surface area contributed by atoms with E-state index in [2.05, 4.69) is 6.92 Å². The molecule has 1 heterocycles. The van der Waals surface area contributed by atoms with Gasteiger partial charge in [-0.05, 0) is 55.7 Å². The number of hydrogen-bond donors (Lipinski definition) is 1. The molecule has 0 aromatic heterocycles. The van der Waals surface area contributed by atoms with Crippen molar-refractivity contribution in [2.24, 2.45) is 5.41 Å². The van der Waals surface area contributed by atoms with Gasteiger partial charge in [-0.15, -0.1) is 0 Å². The van der Waals surface area contributed by atoms with Gasteiger partial charge in [-0.25, -0.2) is 8.42 Å². The van der Waals surface area contributed by atoms with Gasteiger partial charge < -0.3 is 5.11 Å². The van der Waals surface area contributed by atoms with E-state index in [0.29, 0.717) is 18.0 Å². The molecular formula is C16H25NO3S. The zero-order valence-corrected chi connectivity index (χ0v) is 13.9. The highest BCUT2D eigenvalue weighted by atomic mass is 32.2. The fourth-order valence-electron chi connectivity index (χ4n) is 2.95. The molecule has 21 heavy (non-hydrogen) atoms. The summed E-state index contributed by atoms with van der Waals surface area (Å²) in [4.78, 5) is 0.412. The number of nitrogens with zero attached hydrogens (tertiary/aromatic N) is 1. The normalized spacial score (nSPS) is 19.6. The van der Waals surface area contributed by atoms with Crippen molar-refractivity contribution in [2.75, 3.05) is 19.7 Å². The Morgan fingerprint density at radius 1 is 1.24 bits per heavy atom. The topological polar surface area (TPSA) is 57.6 Å². The fourth-order valence-corrected chi connectivity index (χ4v) is 4.70. The van der Waals surface area contributed by atoms with Crippen molar-refractivity contribution >= 4 is 10.0 Å². The minimum Gasteiger partial charge on any atom is -0.396 e. The Morgan fingerprint density at radius 3 is 2.38 bits per heavy atom. The Hall–Kier alpha value is -0.910. The lowest BCUT2D eigenvalue weighted by Crippen LogP contribution is -2.44.